The van der Waals surface area contributed by atoms with Gasteiger partial charge in [0, 0.05) is 18.8 Å². The summed E-state index contributed by atoms with van der Waals surface area (Å²) in [5.41, 5.74) is 12.1. The molecule has 1 rings (SSSR count). The summed E-state index contributed by atoms with van der Waals surface area (Å²) in [5, 5.41) is 0. The molecule has 1 amide bonds. The van der Waals surface area contributed by atoms with Crippen LogP contribution in [0.3, 0.4) is 0 Å². The maximum atomic E-state index is 10.6. The van der Waals surface area contributed by atoms with Gasteiger partial charge in [0.05, 0.1) is 17.4 Å². The summed E-state index contributed by atoms with van der Waals surface area (Å²) in [7, 11) is 0. The number of rotatable bonds is 3. The molecule has 0 aliphatic rings. The van der Waals surface area contributed by atoms with Gasteiger partial charge >= 0.3 is 0 Å². The monoisotopic (exact) mass is 180 g/mol. The molecular weight excluding hydrogens is 168 g/mol. The largest absolute Gasteiger partial charge is 0.370 e. The van der Waals surface area contributed by atoms with Crippen LogP contribution in [0.4, 0.5) is 0 Å². The zero-order chi connectivity index (χ0) is 9.84. The Labute approximate surface area is 76.2 Å². The Morgan fingerprint density at radius 2 is 2.15 bits per heavy atom. The van der Waals surface area contributed by atoms with Crippen molar-refractivity contribution in [3.05, 3.63) is 23.8 Å². The molecule has 0 radical (unpaired) electrons. The molecule has 70 valence electrons. The van der Waals surface area contributed by atoms with Gasteiger partial charge in [-0.15, -0.1) is 0 Å². The van der Waals surface area contributed by atoms with Crippen LogP contribution >= 0.6 is 0 Å². The molecule has 0 bridgehead atoms. The predicted molar refractivity (Wildman–Crippen MR) is 47.5 cm³/mol. The highest BCUT2D eigenvalue weighted by molar-refractivity contribution is 5.74. The predicted octanol–water partition coefficient (Wildman–Crippen LogP) is -0.340. The number of hydrogen-bond acceptors (Lipinski definition) is 4. The quantitative estimate of drug-likeness (QED) is 0.665. The van der Waals surface area contributed by atoms with Crippen LogP contribution in [0.5, 0.6) is 0 Å². The molecule has 0 unspecified atom stereocenters. The maximum absolute atomic E-state index is 10.6. The van der Waals surface area contributed by atoms with Gasteiger partial charge in [-0.1, -0.05) is 0 Å². The Morgan fingerprint density at radius 1 is 1.54 bits per heavy atom. The minimum absolute atomic E-state index is 0.0968. The lowest BCUT2D eigenvalue weighted by atomic mass is 10.1. The Hall–Kier alpha value is -1.49. The molecule has 4 N–H and O–H groups in total. The van der Waals surface area contributed by atoms with E-state index in [4.69, 9.17) is 11.5 Å². The standard InChI is InChI=1S/C8H12N4O/c1-5-8(12-3-2-11-5)6(9)4-7(10)13/h2-3,6H,4,9H2,1H3,(H2,10,13)/t6-/m0/s1. The maximum Gasteiger partial charge on any atom is 0.219 e. The van der Waals surface area contributed by atoms with Crippen molar-refractivity contribution in [3.8, 4) is 0 Å². The van der Waals surface area contributed by atoms with Crippen molar-refractivity contribution in [3.63, 3.8) is 0 Å². The van der Waals surface area contributed by atoms with Gasteiger partial charge in [-0.25, -0.2) is 0 Å². The third kappa shape index (κ3) is 2.48. The highest BCUT2D eigenvalue weighted by Gasteiger charge is 2.12. The van der Waals surface area contributed by atoms with E-state index in [9.17, 15) is 4.79 Å². The normalized spacial score (nSPS) is 12.5. The van der Waals surface area contributed by atoms with Crippen LogP contribution in [0.25, 0.3) is 0 Å². The highest BCUT2D eigenvalue weighted by Crippen LogP contribution is 2.12. The van der Waals surface area contributed by atoms with E-state index in [-0.39, 0.29) is 6.42 Å². The van der Waals surface area contributed by atoms with E-state index in [1.807, 2.05) is 0 Å². The van der Waals surface area contributed by atoms with Gasteiger partial charge in [0.15, 0.2) is 0 Å². The molecule has 0 aliphatic carbocycles. The number of nitrogens with two attached hydrogens (primary N) is 2. The van der Waals surface area contributed by atoms with Crippen LogP contribution in [0, 0.1) is 6.92 Å². The molecule has 0 spiro atoms. The Morgan fingerprint density at radius 3 is 2.69 bits per heavy atom. The van der Waals surface area contributed by atoms with Crippen LogP contribution in [0.1, 0.15) is 23.9 Å². The SMILES string of the molecule is Cc1nccnc1[C@@H](N)CC(N)=O. The second-order valence-corrected chi connectivity index (χ2v) is 2.80. The molecule has 5 heteroatoms. The van der Waals surface area contributed by atoms with Crippen molar-refractivity contribution < 1.29 is 4.79 Å². The molecule has 1 aromatic rings. The van der Waals surface area contributed by atoms with Gasteiger partial charge in [-0.2, -0.15) is 0 Å². The molecule has 0 fully saturated rings. The summed E-state index contributed by atoms with van der Waals surface area (Å²) in [4.78, 5) is 18.6. The molecule has 1 aromatic heterocycles. The Balaban J connectivity index is 2.82. The van der Waals surface area contributed by atoms with E-state index >= 15 is 0 Å². The molecule has 5 nitrogen and oxygen atoms in total. The average Bonchev–Trinajstić information content (AvgIpc) is 2.03. The first-order valence-electron chi connectivity index (χ1n) is 3.92. The fourth-order valence-electron chi connectivity index (χ4n) is 1.10. The first-order chi connectivity index (χ1) is 6.11. The summed E-state index contributed by atoms with van der Waals surface area (Å²) in [6.45, 7) is 1.79. The first-order valence-corrected chi connectivity index (χ1v) is 3.92. The molecule has 0 aromatic carbocycles. The number of hydrogen-bond donors (Lipinski definition) is 2. The van der Waals surface area contributed by atoms with E-state index in [0.29, 0.717) is 5.69 Å². The second-order valence-electron chi connectivity index (χ2n) is 2.80. The zero-order valence-electron chi connectivity index (χ0n) is 7.40. The molecule has 13 heavy (non-hydrogen) atoms. The highest BCUT2D eigenvalue weighted by atomic mass is 16.1. The van der Waals surface area contributed by atoms with Crippen molar-refractivity contribution in [1.29, 1.82) is 0 Å². The Bertz CT molecular complexity index is 313. The lowest BCUT2D eigenvalue weighted by Gasteiger charge is -2.09. The zero-order valence-corrected chi connectivity index (χ0v) is 7.40. The van der Waals surface area contributed by atoms with Crippen LogP contribution in [0.2, 0.25) is 0 Å². The van der Waals surface area contributed by atoms with E-state index < -0.39 is 11.9 Å². The summed E-state index contributed by atoms with van der Waals surface area (Å²) in [6, 6.07) is -0.453. The van der Waals surface area contributed by atoms with Crippen molar-refractivity contribution in [1.82, 2.24) is 9.97 Å². The summed E-state index contributed by atoms with van der Waals surface area (Å²) < 4.78 is 0. The van der Waals surface area contributed by atoms with E-state index in [0.717, 1.165) is 5.69 Å². The average molecular weight is 180 g/mol. The van der Waals surface area contributed by atoms with Crippen molar-refractivity contribution >= 4 is 5.91 Å². The van der Waals surface area contributed by atoms with Gasteiger partial charge in [-0.3, -0.25) is 14.8 Å². The van der Waals surface area contributed by atoms with Crippen LogP contribution in [0.15, 0.2) is 12.4 Å². The van der Waals surface area contributed by atoms with E-state index in [1.54, 1.807) is 19.3 Å². The Kier molecular flexibility index (Phi) is 2.92. The molecule has 0 saturated heterocycles. The first kappa shape index (κ1) is 9.60. The smallest absolute Gasteiger partial charge is 0.219 e. The molecule has 1 atom stereocenters. The van der Waals surface area contributed by atoms with Crippen molar-refractivity contribution in [2.24, 2.45) is 11.5 Å². The fourth-order valence-corrected chi connectivity index (χ4v) is 1.10. The van der Waals surface area contributed by atoms with Gasteiger partial charge in [0.2, 0.25) is 5.91 Å². The molecule has 0 saturated carbocycles. The third-order valence-electron chi connectivity index (χ3n) is 1.69. The summed E-state index contributed by atoms with van der Waals surface area (Å²) in [6.07, 6.45) is 3.22. The van der Waals surface area contributed by atoms with Crippen LogP contribution in [-0.4, -0.2) is 15.9 Å². The number of carbonyl (C=O) groups is 1. The van der Waals surface area contributed by atoms with Gasteiger partial charge in [0.1, 0.15) is 0 Å². The van der Waals surface area contributed by atoms with Crippen LogP contribution < -0.4 is 11.5 Å². The number of aromatic nitrogens is 2. The number of carbonyl (C=O) groups excluding carboxylic acids is 1. The number of nitrogens with zero attached hydrogens (tertiary/aromatic N) is 2. The van der Waals surface area contributed by atoms with Gasteiger partial charge in [-0.05, 0) is 6.92 Å². The molecular formula is C8H12N4O. The van der Waals surface area contributed by atoms with Crippen molar-refractivity contribution in [2.75, 3.05) is 0 Å². The second kappa shape index (κ2) is 3.95. The van der Waals surface area contributed by atoms with E-state index in [1.165, 1.54) is 0 Å². The molecule has 1 heterocycles. The topological polar surface area (TPSA) is 94.9 Å². The lowest BCUT2D eigenvalue weighted by Crippen LogP contribution is -2.22. The fraction of sp³-hybridized carbons (Fsp3) is 0.375. The number of primary amides is 1. The number of amides is 1. The minimum atomic E-state index is -0.453. The van der Waals surface area contributed by atoms with Crippen molar-refractivity contribution in [2.45, 2.75) is 19.4 Å². The van der Waals surface area contributed by atoms with E-state index in [2.05, 4.69) is 9.97 Å². The third-order valence-corrected chi connectivity index (χ3v) is 1.69. The summed E-state index contributed by atoms with van der Waals surface area (Å²) >= 11 is 0. The lowest BCUT2D eigenvalue weighted by molar-refractivity contribution is -0.118. The number of aryl methyl sites for hydroxylation is 1. The van der Waals surface area contributed by atoms with Crippen LogP contribution in [-0.2, 0) is 4.79 Å². The molecule has 0 aliphatic heterocycles. The van der Waals surface area contributed by atoms with Gasteiger partial charge in [0.25, 0.3) is 0 Å². The van der Waals surface area contributed by atoms with Gasteiger partial charge < -0.3 is 11.5 Å². The minimum Gasteiger partial charge on any atom is -0.370 e. The summed E-state index contributed by atoms with van der Waals surface area (Å²) in [5.74, 6) is -0.433.